The van der Waals surface area contributed by atoms with E-state index in [1.807, 2.05) is 0 Å². The molecular formula is C29H34F3N3O4S2. The summed E-state index contributed by atoms with van der Waals surface area (Å²) < 4.78 is 78.0. The first-order valence-electron chi connectivity index (χ1n) is 13.7. The van der Waals surface area contributed by atoms with Gasteiger partial charge < -0.3 is 15.2 Å². The van der Waals surface area contributed by atoms with Gasteiger partial charge >= 0.3 is 5.92 Å². The van der Waals surface area contributed by atoms with Crippen LogP contribution in [0, 0.1) is 12.7 Å². The number of halogens is 3. The number of hydrogen-bond acceptors (Lipinski definition) is 8. The Morgan fingerprint density at radius 3 is 2.51 bits per heavy atom. The van der Waals surface area contributed by atoms with Crippen LogP contribution in [0.4, 0.5) is 19.0 Å². The Labute approximate surface area is 242 Å². The summed E-state index contributed by atoms with van der Waals surface area (Å²) in [6.07, 6.45) is 2.93. The molecule has 2 fully saturated rings. The van der Waals surface area contributed by atoms with Crippen LogP contribution in [0.5, 0.6) is 0 Å². The van der Waals surface area contributed by atoms with E-state index in [1.165, 1.54) is 23.9 Å². The maximum absolute atomic E-state index is 15.5. The van der Waals surface area contributed by atoms with E-state index in [-0.39, 0.29) is 15.7 Å². The van der Waals surface area contributed by atoms with Gasteiger partial charge in [0.25, 0.3) is 0 Å². The lowest BCUT2D eigenvalue weighted by molar-refractivity contribution is -0.170. The summed E-state index contributed by atoms with van der Waals surface area (Å²) in [7, 11) is -3.58. The normalized spacial score (nSPS) is 19.4. The maximum Gasteiger partial charge on any atom is 0.303 e. The van der Waals surface area contributed by atoms with Crippen molar-refractivity contribution in [2.24, 2.45) is 0 Å². The van der Waals surface area contributed by atoms with Crippen LogP contribution in [0.25, 0.3) is 10.9 Å². The van der Waals surface area contributed by atoms with Gasteiger partial charge in [-0.05, 0) is 65.2 Å². The quantitative estimate of drug-likeness (QED) is 0.291. The zero-order valence-corrected chi connectivity index (χ0v) is 25.0. The molecule has 0 amide bonds. The van der Waals surface area contributed by atoms with Crippen LogP contribution in [-0.2, 0) is 20.5 Å². The molecule has 1 saturated carbocycles. The summed E-state index contributed by atoms with van der Waals surface area (Å²) in [5, 5.41) is 13.4. The second-order valence-electron chi connectivity index (χ2n) is 11.3. The van der Waals surface area contributed by atoms with Crippen LogP contribution in [0.1, 0.15) is 69.4 Å². The average molecular weight is 610 g/mol. The van der Waals surface area contributed by atoms with E-state index in [4.69, 9.17) is 4.74 Å². The van der Waals surface area contributed by atoms with Crippen molar-refractivity contribution in [3.8, 4) is 0 Å². The van der Waals surface area contributed by atoms with Crippen LogP contribution < -0.4 is 5.32 Å². The number of aromatic nitrogens is 2. The van der Waals surface area contributed by atoms with Gasteiger partial charge in [0.05, 0.1) is 33.9 Å². The number of nitrogens with one attached hydrogen (secondary N) is 1. The fourth-order valence-corrected chi connectivity index (χ4v) is 8.58. The molecule has 222 valence electrons. The molecule has 2 N–H and O–H groups in total. The van der Waals surface area contributed by atoms with Crippen LogP contribution in [0.15, 0.2) is 40.1 Å². The number of thioether (sulfide) groups is 1. The number of nitrogens with zero attached hydrogens (tertiary/aromatic N) is 2. The number of benzene rings is 2. The molecule has 0 bridgehead atoms. The highest BCUT2D eigenvalue weighted by Crippen LogP contribution is 2.43. The van der Waals surface area contributed by atoms with Gasteiger partial charge in [-0.3, -0.25) is 0 Å². The summed E-state index contributed by atoms with van der Waals surface area (Å²) in [5.74, 6) is -4.26. The lowest BCUT2D eigenvalue weighted by atomic mass is 9.91. The Bertz CT molecular complexity index is 1570. The number of rotatable bonds is 9. The molecule has 2 aromatic carbocycles. The minimum atomic E-state index is -3.83. The van der Waals surface area contributed by atoms with Crippen molar-refractivity contribution in [2.75, 3.05) is 18.5 Å². The van der Waals surface area contributed by atoms with Crippen LogP contribution in [0.3, 0.4) is 0 Å². The Balaban J connectivity index is 1.57. The molecule has 41 heavy (non-hydrogen) atoms. The van der Waals surface area contributed by atoms with Crippen molar-refractivity contribution in [2.45, 2.75) is 91.2 Å². The van der Waals surface area contributed by atoms with E-state index >= 15 is 4.39 Å². The molecule has 0 radical (unpaired) electrons. The first-order chi connectivity index (χ1) is 19.2. The SMILES string of the molecule is Cc1nc(N[C@H](C)c2cccc(C(F)(F)C(C)(C)O)c2F)c2cc(S[C@H]3CCOC3)c(S(=O)(=O)C3CCC3)cc2n1. The molecule has 3 aromatic rings. The summed E-state index contributed by atoms with van der Waals surface area (Å²) in [5.41, 5.74) is -2.99. The van der Waals surface area contributed by atoms with Crippen molar-refractivity contribution in [1.82, 2.24) is 9.97 Å². The molecule has 2 heterocycles. The molecule has 1 aliphatic heterocycles. The van der Waals surface area contributed by atoms with Crippen LogP contribution in [0.2, 0.25) is 0 Å². The van der Waals surface area contributed by atoms with Crippen molar-refractivity contribution < 1.29 is 31.4 Å². The molecule has 0 unspecified atom stereocenters. The minimum Gasteiger partial charge on any atom is -0.384 e. The van der Waals surface area contributed by atoms with Gasteiger partial charge in [0.15, 0.2) is 9.84 Å². The van der Waals surface area contributed by atoms with E-state index < -0.39 is 44.0 Å². The van der Waals surface area contributed by atoms with Crippen molar-refractivity contribution in [3.63, 3.8) is 0 Å². The Kier molecular flexibility index (Phi) is 8.08. The number of hydrogen-bond donors (Lipinski definition) is 2. The van der Waals surface area contributed by atoms with E-state index in [2.05, 4.69) is 15.3 Å². The lowest BCUT2D eigenvalue weighted by Crippen LogP contribution is -2.41. The Morgan fingerprint density at radius 2 is 1.90 bits per heavy atom. The van der Waals surface area contributed by atoms with Gasteiger partial charge in [-0.25, -0.2) is 22.8 Å². The van der Waals surface area contributed by atoms with Crippen LogP contribution in [-0.4, -0.2) is 52.8 Å². The number of aryl methyl sites for hydroxylation is 1. The predicted octanol–water partition coefficient (Wildman–Crippen LogP) is 6.32. The number of alkyl halides is 2. The van der Waals surface area contributed by atoms with Gasteiger partial charge in [-0.15, -0.1) is 11.8 Å². The molecule has 12 heteroatoms. The maximum atomic E-state index is 15.5. The molecule has 5 rings (SSSR count). The predicted molar refractivity (Wildman–Crippen MR) is 153 cm³/mol. The fourth-order valence-electron chi connectivity index (χ4n) is 5.06. The van der Waals surface area contributed by atoms with Crippen molar-refractivity contribution in [1.29, 1.82) is 0 Å². The number of sulfone groups is 1. The van der Waals surface area contributed by atoms with Gasteiger partial charge in [0.1, 0.15) is 23.1 Å². The van der Waals surface area contributed by atoms with E-state index in [0.29, 0.717) is 53.5 Å². The van der Waals surface area contributed by atoms with E-state index in [1.54, 1.807) is 26.0 Å². The lowest BCUT2D eigenvalue weighted by Gasteiger charge is -2.30. The van der Waals surface area contributed by atoms with Gasteiger partial charge in [-0.1, -0.05) is 18.6 Å². The molecular weight excluding hydrogens is 575 g/mol. The second kappa shape index (κ2) is 11.0. The minimum absolute atomic E-state index is 0.0299. The number of aliphatic hydroxyl groups is 1. The molecule has 0 spiro atoms. The monoisotopic (exact) mass is 609 g/mol. The average Bonchev–Trinajstić information content (AvgIpc) is 3.35. The molecule has 1 aromatic heterocycles. The first-order valence-corrected chi connectivity index (χ1v) is 16.1. The number of ether oxygens (including phenoxy) is 1. The highest BCUT2D eigenvalue weighted by Gasteiger charge is 2.49. The first kappa shape index (κ1) is 30.1. The third kappa shape index (κ3) is 5.68. The molecule has 2 aliphatic rings. The Hall–Kier alpha value is -2.41. The standard InChI is InChI=1S/C29H34F3N3O4S2/c1-16(20-9-6-10-22(26(20)30)29(31,32)28(3,4)36)33-27-21-13-24(40-18-11-12-39-15-18)25(14-23(21)34-17(2)35-27)41(37,38)19-7-5-8-19/h6,9-10,13-14,16,18-19,36H,5,7-8,11-12,15H2,1-4H3,(H,33,34,35)/t16-,18+/m1/s1. The topological polar surface area (TPSA) is 101 Å². The second-order valence-corrected chi connectivity index (χ2v) is 14.9. The zero-order valence-electron chi connectivity index (χ0n) is 23.4. The van der Waals surface area contributed by atoms with Gasteiger partial charge in [0, 0.05) is 27.7 Å². The zero-order chi connectivity index (χ0) is 29.7. The van der Waals surface area contributed by atoms with Crippen molar-refractivity contribution in [3.05, 3.63) is 53.1 Å². The fraction of sp³-hybridized carbons (Fsp3) is 0.517. The third-order valence-corrected chi connectivity index (χ3v) is 11.5. The molecule has 1 aliphatic carbocycles. The summed E-state index contributed by atoms with van der Waals surface area (Å²) in [6.45, 7) is 6.28. The highest BCUT2D eigenvalue weighted by atomic mass is 32.2. The molecule has 2 atom stereocenters. The van der Waals surface area contributed by atoms with Gasteiger partial charge in [0.2, 0.25) is 0 Å². The highest BCUT2D eigenvalue weighted by molar-refractivity contribution is 8.01. The summed E-state index contributed by atoms with van der Waals surface area (Å²) in [4.78, 5) is 9.86. The smallest absolute Gasteiger partial charge is 0.303 e. The molecule has 7 nitrogen and oxygen atoms in total. The summed E-state index contributed by atoms with van der Waals surface area (Å²) >= 11 is 1.45. The largest absolute Gasteiger partial charge is 0.384 e. The van der Waals surface area contributed by atoms with E-state index in [9.17, 15) is 22.3 Å². The third-order valence-electron chi connectivity index (χ3n) is 7.81. The van der Waals surface area contributed by atoms with E-state index in [0.717, 1.165) is 32.8 Å². The Morgan fingerprint density at radius 1 is 1.17 bits per heavy atom. The number of anilines is 1. The van der Waals surface area contributed by atoms with Crippen molar-refractivity contribution >= 4 is 38.3 Å². The summed E-state index contributed by atoms with van der Waals surface area (Å²) in [6, 6.07) is 6.24. The molecule has 1 saturated heterocycles. The van der Waals surface area contributed by atoms with Gasteiger partial charge in [-0.2, -0.15) is 8.78 Å². The number of fused-ring (bicyclic) bond motifs is 1. The van der Waals surface area contributed by atoms with Crippen LogP contribution >= 0.6 is 11.8 Å².